The minimum Gasteiger partial charge on any atom is -0.371 e. The molecule has 16 nitrogen and oxygen atoms in total. The molecule has 117 heavy (non-hydrogen) atoms. The fourth-order valence-corrected chi connectivity index (χ4v) is 23.2. The van der Waals surface area contributed by atoms with E-state index in [1.54, 1.807) is 0 Å². The van der Waals surface area contributed by atoms with Crippen LogP contribution in [-0.2, 0) is 0 Å². The van der Waals surface area contributed by atoms with Gasteiger partial charge in [0.15, 0.2) is 0 Å². The van der Waals surface area contributed by atoms with Gasteiger partial charge < -0.3 is 65.8 Å². The van der Waals surface area contributed by atoms with Crippen molar-refractivity contribution in [1.82, 2.24) is 41.5 Å². The third-order valence-electron chi connectivity index (χ3n) is 26.7. The van der Waals surface area contributed by atoms with Crippen molar-refractivity contribution in [2.45, 2.75) is 485 Å². The molecule has 0 atom stereocenters. The van der Waals surface area contributed by atoms with Gasteiger partial charge in [-0.15, -0.1) is 0 Å². The molecule has 5 saturated heterocycles. The second-order valence-electron chi connectivity index (χ2n) is 44.9. The summed E-state index contributed by atoms with van der Waals surface area (Å²) in [6.45, 7) is 79.3. The minimum absolute atomic E-state index is 0.000840. The van der Waals surface area contributed by atoms with Crippen molar-refractivity contribution in [3.8, 4) is 0 Å². The molecule has 5 aliphatic rings. The lowest BCUT2D eigenvalue weighted by atomic mass is 9.78. The van der Waals surface area contributed by atoms with E-state index in [1.165, 1.54) is 124 Å². The van der Waals surface area contributed by atoms with Gasteiger partial charge >= 0.3 is 0 Å². The van der Waals surface area contributed by atoms with Crippen molar-refractivity contribution in [1.29, 1.82) is 0 Å². The maximum atomic E-state index is 5.48. The van der Waals surface area contributed by atoms with E-state index in [9.17, 15) is 0 Å². The Kier molecular flexibility index (Phi) is 35.9. The van der Waals surface area contributed by atoms with Gasteiger partial charge in [0, 0.05) is 192 Å². The van der Waals surface area contributed by atoms with Crippen LogP contribution in [0, 0.1) is 6.92 Å². The second kappa shape index (κ2) is 42.8. The molecular formula is C101H186N16. The summed E-state index contributed by atoms with van der Waals surface area (Å²) < 4.78 is 0. The van der Waals surface area contributed by atoms with E-state index < -0.39 is 0 Å². The van der Waals surface area contributed by atoms with Gasteiger partial charge in [0.25, 0.3) is 0 Å². The number of nitrogens with one attached hydrogen (secondary N) is 5. The molecule has 0 spiro atoms. The molecule has 5 fully saturated rings. The number of anilines is 8. The lowest BCUT2D eigenvalue weighted by Crippen LogP contribution is -2.63. The first-order chi connectivity index (χ1) is 54.9. The van der Waals surface area contributed by atoms with Crippen LogP contribution in [0.5, 0.6) is 0 Å². The largest absolute Gasteiger partial charge is 0.371 e. The van der Waals surface area contributed by atoms with Crippen molar-refractivity contribution in [2.24, 2.45) is 0 Å². The lowest BCUT2D eigenvalue weighted by molar-refractivity contribution is 0.156. The highest BCUT2D eigenvalue weighted by molar-refractivity contribution is 5.72. The Balaban J connectivity index is 1.18. The Hall–Kier alpha value is -4.35. The molecular weight excluding hydrogens is 1440 g/mol. The van der Waals surface area contributed by atoms with E-state index in [0.29, 0.717) is 30.2 Å². The summed E-state index contributed by atoms with van der Waals surface area (Å²) >= 11 is 0. The summed E-state index contributed by atoms with van der Waals surface area (Å²) in [7, 11) is 0. The number of piperidine rings is 5. The maximum absolute atomic E-state index is 5.48. The van der Waals surface area contributed by atoms with E-state index in [0.717, 1.165) is 205 Å². The summed E-state index contributed by atoms with van der Waals surface area (Å²) in [6, 6.07) is 18.0. The molecule has 0 radical (unpaired) electrons. The van der Waals surface area contributed by atoms with Gasteiger partial charge in [-0.3, -0.25) is 0 Å². The molecule has 0 amide bonds. The number of aryl methyl sites for hydroxylation is 1. The normalized spacial score (nSPS) is 20.9. The van der Waals surface area contributed by atoms with Crippen LogP contribution in [0.25, 0.3) is 0 Å². The van der Waals surface area contributed by atoms with Gasteiger partial charge in [0.2, 0.25) is 11.9 Å². The fourth-order valence-electron chi connectivity index (χ4n) is 23.2. The monoisotopic (exact) mass is 1620 g/mol. The third kappa shape index (κ3) is 30.5. The van der Waals surface area contributed by atoms with Crippen LogP contribution < -0.4 is 65.8 Å². The fraction of sp³-hybridized carbons (Fsp3) is 0.851. The van der Waals surface area contributed by atoms with E-state index in [1.807, 2.05) is 0 Å². The number of hydrogen-bond acceptors (Lipinski definition) is 16. The van der Waals surface area contributed by atoms with E-state index >= 15 is 0 Å². The van der Waals surface area contributed by atoms with Crippen LogP contribution in [-0.4, -0.2) is 173 Å². The molecule has 5 aliphatic heterocycles. The Morgan fingerprint density at radius 2 is 0.419 bits per heavy atom. The number of rotatable bonds is 48. The summed E-state index contributed by atoms with van der Waals surface area (Å²) in [5, 5.41) is 20.6. The maximum Gasteiger partial charge on any atom is 0.230 e. The first kappa shape index (κ1) is 98.1. The van der Waals surface area contributed by atoms with Crippen molar-refractivity contribution in [3.63, 3.8) is 0 Å². The predicted molar refractivity (Wildman–Crippen MR) is 514 cm³/mol. The van der Waals surface area contributed by atoms with Crippen LogP contribution in [0.1, 0.15) is 398 Å². The van der Waals surface area contributed by atoms with E-state index in [2.05, 4.69) is 296 Å². The van der Waals surface area contributed by atoms with E-state index in [-0.39, 0.29) is 55.4 Å². The lowest BCUT2D eigenvalue weighted by Gasteiger charge is -2.52. The van der Waals surface area contributed by atoms with Crippen LogP contribution in [0.3, 0.4) is 0 Å². The van der Waals surface area contributed by atoms with Crippen LogP contribution in [0.4, 0.5) is 46.0 Å². The number of unbranched alkanes of at least 4 members (excludes halogenated alkanes) is 13. The summed E-state index contributed by atoms with van der Waals surface area (Å²) in [6.07, 6.45) is 36.9. The Morgan fingerprint density at radius 1 is 0.231 bits per heavy atom. The zero-order chi connectivity index (χ0) is 86.0. The van der Waals surface area contributed by atoms with Gasteiger partial charge in [-0.05, 0) is 317 Å². The number of benzene rings is 2. The topological polar surface area (TPSA) is 125 Å². The average Bonchev–Trinajstić information content (AvgIpc) is 0.771. The Labute approximate surface area is 721 Å². The first-order valence-corrected chi connectivity index (χ1v) is 48.9. The molecule has 670 valence electrons. The van der Waals surface area contributed by atoms with Crippen molar-refractivity contribution in [2.75, 3.05) is 111 Å². The number of aromatic nitrogens is 3. The van der Waals surface area contributed by atoms with Gasteiger partial charge in [-0.2, -0.15) is 15.0 Å². The number of nitrogens with zero attached hydrogens (tertiary/aromatic N) is 11. The van der Waals surface area contributed by atoms with Crippen molar-refractivity contribution >= 4 is 46.0 Å². The zero-order valence-corrected chi connectivity index (χ0v) is 81.7. The molecule has 8 rings (SSSR count). The highest BCUT2D eigenvalue weighted by Gasteiger charge is 2.47. The molecule has 16 heteroatoms. The van der Waals surface area contributed by atoms with E-state index in [4.69, 9.17) is 15.0 Å². The molecule has 6 heterocycles. The highest BCUT2D eigenvalue weighted by Crippen LogP contribution is 2.45. The molecule has 0 aliphatic carbocycles. The highest BCUT2D eigenvalue weighted by atomic mass is 15.4. The molecule has 5 N–H and O–H groups in total. The Bertz CT molecular complexity index is 3280. The molecule has 3 aromatic rings. The van der Waals surface area contributed by atoms with Crippen molar-refractivity contribution in [3.05, 3.63) is 42.2 Å². The number of hydrogen-bond donors (Lipinski definition) is 5. The van der Waals surface area contributed by atoms with Crippen LogP contribution in [0.15, 0.2) is 36.4 Å². The summed E-state index contributed by atoms with van der Waals surface area (Å²) in [4.78, 5) is 38.3. The second-order valence-corrected chi connectivity index (χ2v) is 44.9. The SMILES string of the molecule is CCCCN(CCCC)c1cc(N(CCCC)CCCC)cc(N(CCCCCCN(c2cc(N(CCCC)C3CC(C)(C)NC(C)(C)C3)cc(N(CCCCCCN(c3nc(C)nc(N(CCCC)CCCC)n3)C3CC(C)(C)NC(C)(C)C3)C3CC(C)(C)NC(C)(C)C3)c2)C2CC(C)(C)NC(C)(C)C2)C2CC(C)(C)NC(C)(C)C2)c1. The molecule has 0 saturated carbocycles. The molecule has 2 aromatic carbocycles. The Morgan fingerprint density at radius 3 is 0.667 bits per heavy atom. The third-order valence-corrected chi connectivity index (χ3v) is 26.7. The summed E-state index contributed by atoms with van der Waals surface area (Å²) in [5.74, 6) is 2.55. The van der Waals surface area contributed by atoms with Crippen molar-refractivity contribution < 1.29 is 0 Å². The average molecular weight is 1620 g/mol. The van der Waals surface area contributed by atoms with Gasteiger partial charge in [-0.25, -0.2) is 0 Å². The molecule has 1 aromatic heterocycles. The summed E-state index contributed by atoms with van der Waals surface area (Å²) in [5.41, 5.74) is 8.50. The van der Waals surface area contributed by atoms with Crippen LogP contribution >= 0.6 is 0 Å². The zero-order valence-electron chi connectivity index (χ0n) is 81.7. The standard InChI is InChI=1S/C101H186N16/c1-29-36-51-110(52-37-30-2)79-62-80(111(53-38-31-3)54-39-32-4)64-81(63-79)114(86-70-94(13,14)106-95(15,16)71-86)58-47-43-44-48-59-115(87-72-96(17,18)107-97(19,20)73-87)83-65-82(113(57-42-35-7)85-68-92(9,10)105-93(11,12)69-85)66-84(67-83)116(88-74-98(21,22)108-99(23,24)75-88)60-49-45-46-50-61-117(89-76-100(25,26)109-101(27,28)77-89)91-103-78(8)102-90(104-91)112(55-40-33-5)56-41-34-6/h62-67,85-89,105-109H,29-61,68-77H2,1-28H3. The van der Waals surface area contributed by atoms with Gasteiger partial charge in [-0.1, -0.05) is 119 Å². The quantitative estimate of drug-likeness (QED) is 0.0344. The minimum atomic E-state index is -0.0292. The predicted octanol–water partition coefficient (Wildman–Crippen LogP) is 23.3. The molecule has 0 bridgehead atoms. The van der Waals surface area contributed by atoms with Gasteiger partial charge in [0.05, 0.1) is 0 Å². The smallest absolute Gasteiger partial charge is 0.230 e. The van der Waals surface area contributed by atoms with Gasteiger partial charge in [0.1, 0.15) is 5.82 Å². The van der Waals surface area contributed by atoms with Crippen LogP contribution in [0.2, 0.25) is 0 Å². The first-order valence-electron chi connectivity index (χ1n) is 48.9. The molecule has 0 unspecified atom stereocenters.